The molecular weight excluding hydrogens is 520 g/mol. The Hall–Kier alpha value is -3.20. The third-order valence-electron chi connectivity index (χ3n) is 5.74. The number of hydrogen-bond donors (Lipinski definition) is 2. The zero-order chi connectivity index (χ0) is 27.5. The van der Waals surface area contributed by atoms with E-state index in [1.165, 1.54) is 18.2 Å². The molecule has 3 rings (SSSR count). The molecule has 0 aromatic heterocycles. The van der Waals surface area contributed by atoms with Gasteiger partial charge in [0.2, 0.25) is 0 Å². The zero-order valence-electron chi connectivity index (χ0n) is 19.8. The average molecular weight is 544 g/mol. The number of carboxylic acids is 1. The molecule has 0 aliphatic carbocycles. The molecule has 37 heavy (non-hydrogen) atoms. The van der Waals surface area contributed by atoms with Gasteiger partial charge in [0, 0.05) is 12.2 Å². The summed E-state index contributed by atoms with van der Waals surface area (Å²) in [5.74, 6) is -1.90. The van der Waals surface area contributed by atoms with Crippen molar-refractivity contribution in [3.8, 4) is 11.1 Å². The van der Waals surface area contributed by atoms with E-state index in [-0.39, 0.29) is 18.0 Å². The molecule has 1 atom stereocenters. The van der Waals surface area contributed by atoms with E-state index in [1.807, 2.05) is 13.8 Å². The molecule has 0 aliphatic heterocycles. The maximum atomic E-state index is 13.2. The number of rotatable bonds is 8. The normalized spacial score (nSPS) is 13.0. The minimum absolute atomic E-state index is 0.0297. The van der Waals surface area contributed by atoms with Gasteiger partial charge in [0.1, 0.15) is 0 Å². The highest BCUT2D eigenvalue weighted by molar-refractivity contribution is 6.31. The molecule has 0 aliphatic rings. The van der Waals surface area contributed by atoms with Crippen molar-refractivity contribution in [1.82, 2.24) is 0 Å². The summed E-state index contributed by atoms with van der Waals surface area (Å²) in [7, 11) is 0. The molecule has 0 saturated carbocycles. The minimum Gasteiger partial charge on any atom is -0.481 e. The second-order valence-corrected chi connectivity index (χ2v) is 9.51. The van der Waals surface area contributed by atoms with Crippen LogP contribution in [0.5, 0.6) is 0 Å². The summed E-state index contributed by atoms with van der Waals surface area (Å²) in [6.07, 6.45) is -8.82. The van der Waals surface area contributed by atoms with Gasteiger partial charge < -0.3 is 10.4 Å². The Kier molecular flexibility index (Phi) is 8.47. The van der Waals surface area contributed by atoms with Gasteiger partial charge in [-0.25, -0.2) is 0 Å². The van der Waals surface area contributed by atoms with Crippen molar-refractivity contribution >= 4 is 23.3 Å². The first kappa shape index (κ1) is 28.4. The molecule has 1 unspecified atom stereocenters. The van der Waals surface area contributed by atoms with Crippen LogP contribution in [-0.2, 0) is 23.7 Å². The Bertz CT molecular complexity index is 1250. The van der Waals surface area contributed by atoms with Crippen LogP contribution in [0.1, 0.15) is 48.4 Å². The lowest BCUT2D eigenvalue weighted by Crippen LogP contribution is -2.14. The lowest BCUT2D eigenvalue weighted by atomic mass is 9.88. The molecule has 0 radical (unpaired) electrons. The highest BCUT2D eigenvalue weighted by Crippen LogP contribution is 2.36. The number of halogens is 7. The topological polar surface area (TPSA) is 49.3 Å². The number of anilines is 1. The second-order valence-electron chi connectivity index (χ2n) is 9.10. The molecule has 0 bridgehead atoms. The Morgan fingerprint density at radius 3 is 2.08 bits per heavy atom. The predicted molar refractivity (Wildman–Crippen MR) is 130 cm³/mol. The smallest absolute Gasteiger partial charge is 0.417 e. The van der Waals surface area contributed by atoms with E-state index in [9.17, 15) is 36.2 Å². The van der Waals surface area contributed by atoms with Crippen LogP contribution in [-0.4, -0.2) is 11.1 Å². The number of alkyl halides is 6. The van der Waals surface area contributed by atoms with Gasteiger partial charge in [-0.15, -0.1) is 0 Å². The van der Waals surface area contributed by atoms with Crippen LogP contribution >= 0.6 is 11.6 Å². The number of benzene rings is 3. The van der Waals surface area contributed by atoms with Gasteiger partial charge in [0.15, 0.2) is 0 Å². The summed E-state index contributed by atoms with van der Waals surface area (Å²) in [5.41, 5.74) is 0.218. The van der Waals surface area contributed by atoms with Gasteiger partial charge in [-0.1, -0.05) is 49.7 Å². The highest BCUT2D eigenvalue weighted by Gasteiger charge is 2.33. The molecule has 0 fully saturated rings. The molecule has 0 amide bonds. The molecule has 3 aromatic rings. The second kappa shape index (κ2) is 11.0. The lowest BCUT2D eigenvalue weighted by Gasteiger charge is -2.19. The summed E-state index contributed by atoms with van der Waals surface area (Å²) in [5, 5.41) is 12.4. The zero-order valence-corrected chi connectivity index (χ0v) is 20.6. The quantitative estimate of drug-likeness (QED) is 0.279. The summed E-state index contributed by atoms with van der Waals surface area (Å²) < 4.78 is 78.7. The Morgan fingerprint density at radius 1 is 0.892 bits per heavy atom. The Labute approximate surface area is 215 Å². The highest BCUT2D eigenvalue weighted by atomic mass is 35.5. The fraction of sp³-hybridized carbons (Fsp3) is 0.296. The predicted octanol–water partition coefficient (Wildman–Crippen LogP) is 8.87. The van der Waals surface area contributed by atoms with Crippen molar-refractivity contribution < 1.29 is 36.2 Å². The maximum Gasteiger partial charge on any atom is 0.417 e. The van der Waals surface area contributed by atoms with Crippen molar-refractivity contribution in [2.45, 2.75) is 45.1 Å². The van der Waals surface area contributed by atoms with Crippen molar-refractivity contribution in [2.75, 3.05) is 5.32 Å². The molecule has 3 aromatic carbocycles. The SMILES string of the molecule is CC(C)CC(C(=O)O)c1cc(NCc2ccc(Cl)c(C(F)(F)F)c2)cc(-c2ccc(C(F)(F)F)cc2)c1. The summed E-state index contributed by atoms with van der Waals surface area (Å²) in [6.45, 7) is 3.71. The molecule has 0 spiro atoms. The van der Waals surface area contributed by atoms with E-state index in [4.69, 9.17) is 11.6 Å². The Morgan fingerprint density at radius 2 is 1.54 bits per heavy atom. The fourth-order valence-corrected chi connectivity index (χ4v) is 4.15. The first-order valence-electron chi connectivity index (χ1n) is 11.3. The van der Waals surface area contributed by atoms with Gasteiger partial charge in [0.25, 0.3) is 0 Å². The molecule has 0 heterocycles. The number of aliphatic carboxylic acids is 1. The van der Waals surface area contributed by atoms with Crippen LogP contribution in [0.15, 0.2) is 60.7 Å². The van der Waals surface area contributed by atoms with Crippen LogP contribution in [0, 0.1) is 5.92 Å². The summed E-state index contributed by atoms with van der Waals surface area (Å²) in [4.78, 5) is 12.0. The van der Waals surface area contributed by atoms with Crippen molar-refractivity contribution in [3.05, 3.63) is 87.9 Å². The van der Waals surface area contributed by atoms with Crippen LogP contribution in [0.4, 0.5) is 32.0 Å². The standard InChI is InChI=1S/C27H24ClF6NO2/c1-15(2)9-22(25(36)37)19-11-18(17-4-6-20(7-5-17)26(29,30)31)12-21(13-19)35-14-16-3-8-24(28)23(10-16)27(32,33)34/h3-8,10-13,15,22,35H,9,14H2,1-2H3,(H,36,37). The molecule has 0 saturated heterocycles. The third kappa shape index (κ3) is 7.41. The lowest BCUT2D eigenvalue weighted by molar-refractivity contribution is -0.139. The van der Waals surface area contributed by atoms with E-state index in [0.717, 1.165) is 24.3 Å². The van der Waals surface area contributed by atoms with Gasteiger partial charge in [0.05, 0.1) is 22.1 Å². The van der Waals surface area contributed by atoms with Gasteiger partial charge in [-0.05, 0) is 71.0 Å². The fourth-order valence-electron chi connectivity index (χ4n) is 3.93. The maximum absolute atomic E-state index is 13.2. The molecular formula is C27H24ClF6NO2. The monoisotopic (exact) mass is 543 g/mol. The number of carbonyl (C=O) groups is 1. The van der Waals surface area contributed by atoms with Crippen LogP contribution in [0.3, 0.4) is 0 Å². The number of nitrogens with one attached hydrogen (secondary N) is 1. The van der Waals surface area contributed by atoms with Crippen LogP contribution < -0.4 is 5.32 Å². The van der Waals surface area contributed by atoms with Crippen LogP contribution in [0.2, 0.25) is 5.02 Å². The summed E-state index contributed by atoms with van der Waals surface area (Å²) >= 11 is 5.69. The molecule has 2 N–H and O–H groups in total. The largest absolute Gasteiger partial charge is 0.481 e. The van der Waals surface area contributed by atoms with Crippen molar-refractivity contribution in [1.29, 1.82) is 0 Å². The van der Waals surface area contributed by atoms with E-state index >= 15 is 0 Å². The van der Waals surface area contributed by atoms with E-state index < -0.39 is 40.4 Å². The Balaban J connectivity index is 2.01. The average Bonchev–Trinajstić information content (AvgIpc) is 2.80. The van der Waals surface area contributed by atoms with Crippen molar-refractivity contribution in [2.24, 2.45) is 5.92 Å². The minimum atomic E-state index is -4.63. The van der Waals surface area contributed by atoms with E-state index in [2.05, 4.69) is 5.32 Å². The van der Waals surface area contributed by atoms with Gasteiger partial charge in [-0.3, -0.25) is 4.79 Å². The molecule has 198 valence electrons. The molecule has 3 nitrogen and oxygen atoms in total. The number of carboxylic acid groups (broad SMARTS) is 1. The van der Waals surface area contributed by atoms with Gasteiger partial charge in [-0.2, -0.15) is 26.3 Å². The number of hydrogen-bond acceptors (Lipinski definition) is 2. The molecule has 10 heteroatoms. The van der Waals surface area contributed by atoms with Crippen molar-refractivity contribution in [3.63, 3.8) is 0 Å². The van der Waals surface area contributed by atoms with Crippen LogP contribution in [0.25, 0.3) is 11.1 Å². The third-order valence-corrected chi connectivity index (χ3v) is 6.07. The first-order valence-corrected chi connectivity index (χ1v) is 11.7. The van der Waals surface area contributed by atoms with Gasteiger partial charge >= 0.3 is 18.3 Å². The first-order chi connectivity index (χ1) is 17.1. The van der Waals surface area contributed by atoms with E-state index in [1.54, 1.807) is 18.2 Å². The summed E-state index contributed by atoms with van der Waals surface area (Å²) in [6, 6.07) is 12.8. The van der Waals surface area contributed by atoms with E-state index in [0.29, 0.717) is 28.8 Å².